The fraction of sp³-hybridized carbons (Fsp3) is 0.943. The summed E-state index contributed by atoms with van der Waals surface area (Å²) >= 11 is 0. The Kier molecular flexibility index (Phi) is 26.4. The molecule has 0 amide bonds. The van der Waals surface area contributed by atoms with Crippen LogP contribution in [0.2, 0.25) is 0 Å². The van der Waals surface area contributed by atoms with E-state index < -0.39 is 0 Å². The highest BCUT2D eigenvalue weighted by Crippen LogP contribution is 2.27. The van der Waals surface area contributed by atoms with E-state index >= 15 is 0 Å². The summed E-state index contributed by atoms with van der Waals surface area (Å²) in [5, 5.41) is 0. The normalized spacial score (nSPS) is 13.1. The summed E-state index contributed by atoms with van der Waals surface area (Å²) in [6.07, 6.45) is 24.0. The molecule has 0 bridgehead atoms. The molecule has 0 fully saturated rings. The maximum absolute atomic E-state index is 12.7. The fourth-order valence-electron chi connectivity index (χ4n) is 5.50. The van der Waals surface area contributed by atoms with Gasteiger partial charge in [-0.1, -0.05) is 138 Å². The Morgan fingerprint density at radius 1 is 0.513 bits per heavy atom. The van der Waals surface area contributed by atoms with Gasteiger partial charge in [-0.3, -0.25) is 9.59 Å². The third-order valence-corrected chi connectivity index (χ3v) is 8.15. The largest absolute Gasteiger partial charge is 0.466 e. The van der Waals surface area contributed by atoms with Gasteiger partial charge in [0.1, 0.15) is 0 Å². The van der Waals surface area contributed by atoms with Crippen LogP contribution in [0.3, 0.4) is 0 Å². The number of hydrogen-bond acceptors (Lipinski definition) is 4. The Morgan fingerprint density at radius 2 is 0.949 bits per heavy atom. The minimum Gasteiger partial charge on any atom is -0.466 e. The van der Waals surface area contributed by atoms with Gasteiger partial charge in [0.15, 0.2) is 0 Å². The van der Waals surface area contributed by atoms with Crippen molar-refractivity contribution >= 4 is 11.9 Å². The van der Waals surface area contributed by atoms with E-state index in [1.807, 2.05) is 0 Å². The summed E-state index contributed by atoms with van der Waals surface area (Å²) in [5.74, 6) is 2.08. The third kappa shape index (κ3) is 24.5. The van der Waals surface area contributed by atoms with Crippen LogP contribution in [0, 0.1) is 23.7 Å². The molecule has 0 saturated carbocycles. The van der Waals surface area contributed by atoms with Crippen molar-refractivity contribution in [1.29, 1.82) is 0 Å². The van der Waals surface area contributed by atoms with Gasteiger partial charge in [0.2, 0.25) is 0 Å². The van der Waals surface area contributed by atoms with Crippen molar-refractivity contribution in [2.24, 2.45) is 23.7 Å². The van der Waals surface area contributed by atoms with Crippen LogP contribution in [-0.2, 0) is 19.1 Å². The highest BCUT2D eigenvalue weighted by molar-refractivity contribution is 5.72. The van der Waals surface area contributed by atoms with E-state index in [-0.39, 0.29) is 17.9 Å². The molecule has 0 aliphatic rings. The molecule has 39 heavy (non-hydrogen) atoms. The first-order valence-electron chi connectivity index (χ1n) is 17.1. The zero-order valence-corrected chi connectivity index (χ0v) is 27.2. The molecule has 0 aliphatic carbocycles. The zero-order chi connectivity index (χ0) is 29.1. The Labute approximate surface area is 244 Å². The first-order valence-corrected chi connectivity index (χ1v) is 17.1. The van der Waals surface area contributed by atoms with E-state index in [2.05, 4.69) is 41.5 Å². The molecule has 0 aliphatic heterocycles. The number of unbranched alkanes of at least 4 members (excludes halogenated alkanes) is 12. The molecule has 0 rings (SSSR count). The van der Waals surface area contributed by atoms with E-state index in [1.54, 1.807) is 0 Å². The van der Waals surface area contributed by atoms with E-state index in [0.29, 0.717) is 25.6 Å². The van der Waals surface area contributed by atoms with Crippen LogP contribution in [0.5, 0.6) is 0 Å². The number of carbonyl (C=O) groups excluding carboxylic acids is 2. The van der Waals surface area contributed by atoms with E-state index in [0.717, 1.165) is 69.6 Å². The minimum absolute atomic E-state index is 0.0140. The van der Waals surface area contributed by atoms with E-state index in [1.165, 1.54) is 70.6 Å². The predicted molar refractivity (Wildman–Crippen MR) is 167 cm³/mol. The number of hydrogen-bond donors (Lipinski definition) is 0. The maximum atomic E-state index is 12.7. The summed E-state index contributed by atoms with van der Waals surface area (Å²) in [6, 6.07) is 0. The molecule has 2 unspecified atom stereocenters. The Hall–Kier alpha value is -1.06. The van der Waals surface area contributed by atoms with Crippen molar-refractivity contribution < 1.29 is 19.1 Å². The second-order valence-corrected chi connectivity index (χ2v) is 12.8. The Bertz CT molecular complexity index is 557. The summed E-state index contributed by atoms with van der Waals surface area (Å²) in [4.78, 5) is 24.5. The molecule has 4 nitrogen and oxygen atoms in total. The number of carbonyl (C=O) groups is 2. The molecule has 0 heterocycles. The maximum Gasteiger partial charge on any atom is 0.309 e. The van der Waals surface area contributed by atoms with Gasteiger partial charge in [0.05, 0.1) is 19.1 Å². The van der Waals surface area contributed by atoms with Crippen LogP contribution in [-0.4, -0.2) is 25.2 Å². The summed E-state index contributed by atoms with van der Waals surface area (Å²) in [5.41, 5.74) is 0. The van der Waals surface area contributed by atoms with Crippen LogP contribution in [0.4, 0.5) is 0 Å². The molecular formula is C35H68O4. The van der Waals surface area contributed by atoms with Gasteiger partial charge in [-0.15, -0.1) is 0 Å². The summed E-state index contributed by atoms with van der Waals surface area (Å²) < 4.78 is 11.0. The zero-order valence-electron chi connectivity index (χ0n) is 27.2. The van der Waals surface area contributed by atoms with Gasteiger partial charge in [-0.05, 0) is 49.9 Å². The van der Waals surface area contributed by atoms with Crippen molar-refractivity contribution in [1.82, 2.24) is 0 Å². The quantitative estimate of drug-likeness (QED) is 0.0715. The average Bonchev–Trinajstić information content (AvgIpc) is 2.90. The molecule has 0 aromatic rings. The van der Waals surface area contributed by atoms with Crippen LogP contribution in [0.1, 0.15) is 176 Å². The lowest BCUT2D eigenvalue weighted by atomic mass is 9.84. The molecule has 0 spiro atoms. The number of rotatable bonds is 28. The lowest BCUT2D eigenvalue weighted by Crippen LogP contribution is -2.25. The standard InChI is InChI=1S/C35H68O4/c1-7-32(33(8-2)35(37)39-29-23-17-19-25-31(5)6)26-20-14-12-10-9-11-13-15-21-27-34(36)38-28-22-16-18-24-30(3)4/h30-33H,7-29H2,1-6H3. The van der Waals surface area contributed by atoms with Crippen molar-refractivity contribution in [3.8, 4) is 0 Å². The molecule has 0 N–H and O–H groups in total. The van der Waals surface area contributed by atoms with E-state index in [9.17, 15) is 9.59 Å². The van der Waals surface area contributed by atoms with Gasteiger partial charge in [0, 0.05) is 6.42 Å². The monoisotopic (exact) mass is 553 g/mol. The molecule has 0 aromatic heterocycles. The van der Waals surface area contributed by atoms with Crippen molar-refractivity contribution in [3.63, 3.8) is 0 Å². The van der Waals surface area contributed by atoms with Crippen molar-refractivity contribution in [3.05, 3.63) is 0 Å². The van der Waals surface area contributed by atoms with Crippen LogP contribution < -0.4 is 0 Å². The van der Waals surface area contributed by atoms with Gasteiger partial charge < -0.3 is 9.47 Å². The molecular weight excluding hydrogens is 484 g/mol. The second kappa shape index (κ2) is 27.1. The topological polar surface area (TPSA) is 52.6 Å². The van der Waals surface area contributed by atoms with Gasteiger partial charge >= 0.3 is 11.9 Å². The van der Waals surface area contributed by atoms with Gasteiger partial charge in [0.25, 0.3) is 0 Å². The lowest BCUT2D eigenvalue weighted by Gasteiger charge is -2.23. The first-order chi connectivity index (χ1) is 18.8. The number of ether oxygens (including phenoxy) is 2. The summed E-state index contributed by atoms with van der Waals surface area (Å²) in [7, 11) is 0. The summed E-state index contributed by atoms with van der Waals surface area (Å²) in [6.45, 7) is 14.6. The molecule has 0 aromatic carbocycles. The fourth-order valence-corrected chi connectivity index (χ4v) is 5.50. The molecule has 0 radical (unpaired) electrons. The van der Waals surface area contributed by atoms with Crippen LogP contribution in [0.25, 0.3) is 0 Å². The lowest BCUT2D eigenvalue weighted by molar-refractivity contribution is -0.151. The minimum atomic E-state index is -0.0140. The Morgan fingerprint density at radius 3 is 1.44 bits per heavy atom. The van der Waals surface area contributed by atoms with E-state index in [4.69, 9.17) is 9.47 Å². The van der Waals surface area contributed by atoms with Gasteiger partial charge in [-0.25, -0.2) is 0 Å². The first kappa shape index (κ1) is 37.9. The van der Waals surface area contributed by atoms with Crippen LogP contribution >= 0.6 is 0 Å². The van der Waals surface area contributed by atoms with Crippen molar-refractivity contribution in [2.75, 3.05) is 13.2 Å². The number of esters is 2. The van der Waals surface area contributed by atoms with Crippen LogP contribution in [0.15, 0.2) is 0 Å². The van der Waals surface area contributed by atoms with Crippen molar-refractivity contribution in [2.45, 2.75) is 176 Å². The average molecular weight is 553 g/mol. The van der Waals surface area contributed by atoms with Gasteiger partial charge in [-0.2, -0.15) is 0 Å². The molecule has 232 valence electrons. The highest BCUT2D eigenvalue weighted by Gasteiger charge is 2.26. The second-order valence-electron chi connectivity index (χ2n) is 12.8. The third-order valence-electron chi connectivity index (χ3n) is 8.15. The smallest absolute Gasteiger partial charge is 0.309 e. The SMILES string of the molecule is CCC(CCCCCCCCCCCC(=O)OCCCCCC(C)C)C(CC)C(=O)OCCCCCC(C)C. The highest BCUT2D eigenvalue weighted by atomic mass is 16.5. The predicted octanol–water partition coefficient (Wildman–Crippen LogP) is 10.8. The molecule has 2 atom stereocenters. The Balaban J connectivity index is 3.70. The molecule has 4 heteroatoms. The molecule has 0 saturated heterocycles.